The maximum atomic E-state index is 13.0. The topological polar surface area (TPSA) is 51.2 Å². The summed E-state index contributed by atoms with van der Waals surface area (Å²) in [6.07, 6.45) is 6.39. The molecule has 0 aromatic rings. The van der Waals surface area contributed by atoms with Crippen molar-refractivity contribution in [3.05, 3.63) is 0 Å². The average Bonchev–Trinajstić information content (AvgIpc) is 2.75. The molecule has 4 fully saturated rings. The van der Waals surface area contributed by atoms with E-state index in [-0.39, 0.29) is 16.7 Å². The van der Waals surface area contributed by atoms with Crippen LogP contribution in [-0.2, 0) is 14.4 Å². The van der Waals surface area contributed by atoms with E-state index in [4.69, 9.17) is 0 Å². The number of carbonyl (C=O) groups is 3. The minimum atomic E-state index is -0.383. The highest BCUT2D eigenvalue weighted by molar-refractivity contribution is 5.95. The van der Waals surface area contributed by atoms with Crippen LogP contribution in [0.1, 0.15) is 65.2 Å². The van der Waals surface area contributed by atoms with Crippen molar-refractivity contribution in [1.29, 1.82) is 0 Å². The third-order valence-corrected chi connectivity index (χ3v) is 7.88. The molecule has 0 aliphatic heterocycles. The van der Waals surface area contributed by atoms with Gasteiger partial charge in [0.25, 0.3) is 0 Å². The largest absolute Gasteiger partial charge is 0.300 e. The van der Waals surface area contributed by atoms with Gasteiger partial charge in [-0.15, -0.1) is 0 Å². The van der Waals surface area contributed by atoms with Crippen LogP contribution in [0.4, 0.5) is 0 Å². The van der Waals surface area contributed by atoms with Crippen molar-refractivity contribution in [2.24, 2.45) is 34.5 Å². The number of carbonyl (C=O) groups excluding carboxylic acids is 3. The molecule has 4 saturated carbocycles. The lowest BCUT2D eigenvalue weighted by atomic mass is 9.45. The Kier molecular flexibility index (Phi) is 3.00. The zero-order chi connectivity index (χ0) is 15.7. The zero-order valence-electron chi connectivity index (χ0n) is 13.7. The zero-order valence-corrected chi connectivity index (χ0v) is 13.7. The van der Waals surface area contributed by atoms with Crippen LogP contribution < -0.4 is 0 Å². The summed E-state index contributed by atoms with van der Waals surface area (Å²) in [5.74, 6) is 2.29. The van der Waals surface area contributed by atoms with Crippen molar-refractivity contribution in [3.8, 4) is 0 Å². The maximum Gasteiger partial charge on any atom is 0.139 e. The van der Waals surface area contributed by atoms with Gasteiger partial charge in [0, 0.05) is 37.0 Å². The van der Waals surface area contributed by atoms with Crippen molar-refractivity contribution in [2.75, 3.05) is 0 Å². The molecule has 0 bridgehead atoms. The third kappa shape index (κ3) is 1.71. The van der Waals surface area contributed by atoms with Crippen LogP contribution in [0.5, 0.6) is 0 Å². The quantitative estimate of drug-likeness (QED) is 0.689. The van der Waals surface area contributed by atoms with Gasteiger partial charge in [0.2, 0.25) is 0 Å². The second-order valence-electron chi connectivity index (χ2n) is 8.79. The molecule has 3 nitrogen and oxygen atoms in total. The predicted molar refractivity (Wildman–Crippen MR) is 82.1 cm³/mol. The summed E-state index contributed by atoms with van der Waals surface area (Å²) in [6.45, 7) is 4.30. The molecule has 3 heteroatoms. The molecule has 0 N–H and O–H groups in total. The van der Waals surface area contributed by atoms with E-state index < -0.39 is 0 Å². The smallest absolute Gasteiger partial charge is 0.139 e. The summed E-state index contributed by atoms with van der Waals surface area (Å²) >= 11 is 0. The van der Waals surface area contributed by atoms with E-state index in [2.05, 4.69) is 6.92 Å². The lowest BCUT2D eigenvalue weighted by molar-refractivity contribution is -0.161. The number of hydrogen-bond donors (Lipinski definition) is 0. The Labute approximate surface area is 132 Å². The summed E-state index contributed by atoms with van der Waals surface area (Å²) in [5.41, 5.74) is -0.382. The van der Waals surface area contributed by atoms with Crippen LogP contribution in [0.3, 0.4) is 0 Å². The number of Topliss-reactive ketones (excluding diaryl/α,β-unsaturated/α-hetero) is 3. The third-order valence-electron chi connectivity index (χ3n) is 7.88. The Morgan fingerprint density at radius 3 is 2.55 bits per heavy atom. The summed E-state index contributed by atoms with van der Waals surface area (Å²) in [4.78, 5) is 37.2. The van der Waals surface area contributed by atoms with Gasteiger partial charge < -0.3 is 0 Å². The van der Waals surface area contributed by atoms with Crippen LogP contribution in [0, 0.1) is 34.5 Å². The van der Waals surface area contributed by atoms with E-state index >= 15 is 0 Å². The van der Waals surface area contributed by atoms with Gasteiger partial charge >= 0.3 is 0 Å². The molecular formula is C19H26O3. The fourth-order valence-electron chi connectivity index (χ4n) is 6.64. The molecule has 0 aromatic carbocycles. The Hall–Kier alpha value is -0.990. The van der Waals surface area contributed by atoms with Crippen LogP contribution in [0.2, 0.25) is 0 Å². The lowest BCUT2D eigenvalue weighted by Crippen LogP contribution is -2.57. The molecule has 22 heavy (non-hydrogen) atoms. The highest BCUT2D eigenvalue weighted by Crippen LogP contribution is 2.64. The predicted octanol–water partition coefficient (Wildman–Crippen LogP) is 3.35. The van der Waals surface area contributed by atoms with Crippen LogP contribution >= 0.6 is 0 Å². The Morgan fingerprint density at radius 1 is 1.00 bits per heavy atom. The van der Waals surface area contributed by atoms with Crippen molar-refractivity contribution in [1.82, 2.24) is 0 Å². The van der Waals surface area contributed by atoms with Crippen LogP contribution in [-0.4, -0.2) is 17.3 Å². The maximum absolute atomic E-state index is 13.0. The van der Waals surface area contributed by atoms with E-state index in [0.717, 1.165) is 25.7 Å². The molecule has 6 atom stereocenters. The molecule has 4 aliphatic carbocycles. The fourth-order valence-corrected chi connectivity index (χ4v) is 6.64. The number of rotatable bonds is 0. The van der Waals surface area contributed by atoms with E-state index in [1.54, 1.807) is 0 Å². The first-order valence-corrected chi connectivity index (χ1v) is 8.94. The van der Waals surface area contributed by atoms with E-state index in [1.807, 2.05) is 6.92 Å². The molecule has 0 aromatic heterocycles. The Balaban J connectivity index is 1.72. The minimum absolute atomic E-state index is 0.000871. The van der Waals surface area contributed by atoms with Gasteiger partial charge in [-0.3, -0.25) is 14.4 Å². The highest BCUT2D eigenvalue weighted by atomic mass is 16.1. The van der Waals surface area contributed by atoms with Gasteiger partial charge in [-0.1, -0.05) is 13.8 Å². The van der Waals surface area contributed by atoms with E-state index in [0.29, 0.717) is 60.8 Å². The molecule has 0 amide bonds. The monoisotopic (exact) mass is 302 g/mol. The summed E-state index contributed by atoms with van der Waals surface area (Å²) in [7, 11) is 0. The molecule has 120 valence electrons. The SMILES string of the molecule is C[C@]12CCC(=O)CC1CC[C@@H]1[C@@H]2C(=O)C[C@]2(C)C(=O)CC[C@@H]12. The number of ketones is 3. The first kappa shape index (κ1) is 14.6. The first-order valence-electron chi connectivity index (χ1n) is 8.94. The molecule has 1 unspecified atom stereocenters. The van der Waals surface area contributed by atoms with Crippen LogP contribution in [0.15, 0.2) is 0 Å². The molecule has 0 radical (unpaired) electrons. The van der Waals surface area contributed by atoms with Gasteiger partial charge in [-0.05, 0) is 48.9 Å². The van der Waals surface area contributed by atoms with Gasteiger partial charge in [-0.25, -0.2) is 0 Å². The van der Waals surface area contributed by atoms with Gasteiger partial charge in [0.15, 0.2) is 0 Å². The Bertz CT molecular complexity index is 565. The molecule has 4 rings (SSSR count). The molecular weight excluding hydrogens is 276 g/mol. The molecule has 0 saturated heterocycles. The summed E-state index contributed by atoms with van der Waals surface area (Å²) in [6, 6.07) is 0. The number of hydrogen-bond acceptors (Lipinski definition) is 3. The number of fused-ring (bicyclic) bond motifs is 5. The van der Waals surface area contributed by atoms with E-state index in [1.165, 1.54) is 0 Å². The van der Waals surface area contributed by atoms with Gasteiger partial charge in [0.05, 0.1) is 0 Å². The summed E-state index contributed by atoms with van der Waals surface area (Å²) < 4.78 is 0. The van der Waals surface area contributed by atoms with Crippen molar-refractivity contribution in [2.45, 2.75) is 65.2 Å². The second kappa shape index (κ2) is 4.52. The van der Waals surface area contributed by atoms with Crippen molar-refractivity contribution >= 4 is 17.3 Å². The van der Waals surface area contributed by atoms with Gasteiger partial charge in [-0.2, -0.15) is 0 Å². The molecule has 4 aliphatic rings. The Morgan fingerprint density at radius 2 is 1.77 bits per heavy atom. The lowest BCUT2D eigenvalue weighted by Gasteiger charge is -2.58. The normalized spacial score (nSPS) is 51.3. The van der Waals surface area contributed by atoms with Crippen molar-refractivity contribution < 1.29 is 14.4 Å². The standard InChI is InChI=1S/C19H26O3/c1-18-8-7-12(20)9-11(18)3-4-13-14-5-6-16(22)19(14,2)10-15(21)17(13)18/h11,13-14,17H,3-10H2,1-2H3/t11?,13-,14-,17+,18-,19-/m0/s1. The van der Waals surface area contributed by atoms with Crippen molar-refractivity contribution in [3.63, 3.8) is 0 Å². The highest BCUT2D eigenvalue weighted by Gasteiger charge is 2.63. The van der Waals surface area contributed by atoms with Crippen LogP contribution in [0.25, 0.3) is 0 Å². The molecule has 0 heterocycles. The van der Waals surface area contributed by atoms with Gasteiger partial charge in [0.1, 0.15) is 17.3 Å². The minimum Gasteiger partial charge on any atom is -0.300 e. The second-order valence-corrected chi connectivity index (χ2v) is 8.79. The molecule has 0 spiro atoms. The first-order chi connectivity index (χ1) is 10.4. The summed E-state index contributed by atoms with van der Waals surface area (Å²) in [5, 5.41) is 0. The van der Waals surface area contributed by atoms with E-state index in [9.17, 15) is 14.4 Å². The fraction of sp³-hybridized carbons (Fsp3) is 0.842. The average molecular weight is 302 g/mol.